The molecule has 7 nitrogen and oxygen atoms in total. The molecule has 2 aromatic heterocycles. The molecule has 0 amide bonds. The molecule has 0 spiro atoms. The number of fused-ring (bicyclic) bond motifs is 1. The number of halogens is 1. The van der Waals surface area contributed by atoms with Crippen molar-refractivity contribution in [1.29, 1.82) is 0 Å². The summed E-state index contributed by atoms with van der Waals surface area (Å²) in [5.41, 5.74) is 3.84. The van der Waals surface area contributed by atoms with Gasteiger partial charge < -0.3 is 24.7 Å². The van der Waals surface area contributed by atoms with Gasteiger partial charge >= 0.3 is 5.97 Å². The van der Waals surface area contributed by atoms with Crippen molar-refractivity contribution in [2.45, 2.75) is 32.3 Å². The van der Waals surface area contributed by atoms with Crippen molar-refractivity contribution in [3.8, 4) is 11.1 Å². The topological polar surface area (TPSA) is 96.3 Å². The first-order valence-corrected chi connectivity index (χ1v) is 11.6. The number of nitrogens with zero attached hydrogens (tertiary/aromatic N) is 1. The van der Waals surface area contributed by atoms with Crippen molar-refractivity contribution >= 4 is 28.2 Å². The summed E-state index contributed by atoms with van der Waals surface area (Å²) in [6, 6.07) is 12.2. The third-order valence-electron chi connectivity index (χ3n) is 6.40. The lowest BCUT2D eigenvalue weighted by molar-refractivity contribution is 0.0520. The lowest BCUT2D eigenvalue weighted by atomic mass is 9.97. The van der Waals surface area contributed by atoms with Gasteiger partial charge in [0, 0.05) is 35.4 Å². The zero-order chi connectivity index (χ0) is 24.7. The maximum atomic E-state index is 14.8. The van der Waals surface area contributed by atoms with Crippen LogP contribution >= 0.6 is 0 Å². The molecule has 0 bridgehead atoms. The Morgan fingerprint density at radius 1 is 1.20 bits per heavy atom. The van der Waals surface area contributed by atoms with Gasteiger partial charge in [-0.3, -0.25) is 4.79 Å². The van der Waals surface area contributed by atoms with Gasteiger partial charge in [0.25, 0.3) is 5.56 Å². The summed E-state index contributed by atoms with van der Waals surface area (Å²) in [6.45, 7) is 1.60. The fourth-order valence-electron chi connectivity index (χ4n) is 4.44. The predicted octanol–water partition coefficient (Wildman–Crippen LogP) is 4.96. The van der Waals surface area contributed by atoms with Crippen molar-refractivity contribution in [3.63, 3.8) is 0 Å². The number of pyridine rings is 1. The van der Waals surface area contributed by atoms with Crippen LogP contribution in [0.3, 0.4) is 0 Å². The van der Waals surface area contributed by atoms with Crippen molar-refractivity contribution in [1.82, 2.24) is 9.55 Å². The standard InChI is InChI=1S/C27H26FN3O4/c1-3-35-27(34)24-12-18-19(13-31(2)26(33)25(18)30-24)17-5-4-6-22(20(17)14-32)29-23-10-9-16(11-21(23)28)15-7-8-15/h4-6,9-13,15,29-30,32H,3,7-8,14H2,1-2H3. The maximum absolute atomic E-state index is 14.8. The van der Waals surface area contributed by atoms with E-state index in [2.05, 4.69) is 10.3 Å². The lowest BCUT2D eigenvalue weighted by Gasteiger charge is -2.17. The first-order chi connectivity index (χ1) is 16.9. The number of anilines is 2. The van der Waals surface area contributed by atoms with Gasteiger partial charge in [-0.15, -0.1) is 0 Å². The SMILES string of the molecule is CCOC(=O)c1cc2c(-c3cccc(Nc4ccc(C5CC5)cc4F)c3CO)cn(C)c(=O)c2[nH]1. The third-order valence-corrected chi connectivity index (χ3v) is 6.40. The molecule has 0 aliphatic heterocycles. The summed E-state index contributed by atoms with van der Waals surface area (Å²) < 4.78 is 21.3. The Kier molecular flexibility index (Phi) is 5.90. The molecule has 2 aromatic carbocycles. The van der Waals surface area contributed by atoms with Crippen molar-refractivity contribution in [3.05, 3.63) is 81.7 Å². The highest BCUT2D eigenvalue weighted by Gasteiger charge is 2.24. The minimum atomic E-state index is -0.556. The van der Waals surface area contributed by atoms with Crippen LogP contribution in [0, 0.1) is 5.82 Å². The molecule has 0 saturated heterocycles. The van der Waals surface area contributed by atoms with E-state index in [1.54, 1.807) is 50.5 Å². The van der Waals surface area contributed by atoms with Gasteiger partial charge in [-0.1, -0.05) is 18.2 Å². The van der Waals surface area contributed by atoms with Gasteiger partial charge in [0.15, 0.2) is 0 Å². The van der Waals surface area contributed by atoms with Crippen LogP contribution in [0.15, 0.2) is 53.5 Å². The fourth-order valence-corrected chi connectivity index (χ4v) is 4.44. The van der Waals surface area contributed by atoms with Gasteiger partial charge in [-0.05, 0) is 61.1 Å². The maximum Gasteiger partial charge on any atom is 0.354 e. The normalized spacial score (nSPS) is 13.3. The number of rotatable bonds is 7. The highest BCUT2D eigenvalue weighted by Crippen LogP contribution is 2.41. The minimum absolute atomic E-state index is 0.170. The minimum Gasteiger partial charge on any atom is -0.461 e. The van der Waals surface area contributed by atoms with Crippen LogP contribution in [0.25, 0.3) is 22.0 Å². The Hall–Kier alpha value is -3.91. The van der Waals surface area contributed by atoms with Crippen molar-refractivity contribution in [2.24, 2.45) is 7.05 Å². The molecule has 4 aromatic rings. The van der Waals surface area contributed by atoms with Gasteiger partial charge in [0.1, 0.15) is 17.0 Å². The number of carbonyl (C=O) groups is 1. The molecule has 5 rings (SSSR count). The quantitative estimate of drug-likeness (QED) is 0.328. The second-order valence-corrected chi connectivity index (χ2v) is 8.78. The average Bonchev–Trinajstić information content (AvgIpc) is 3.60. The van der Waals surface area contributed by atoms with Crippen LogP contribution < -0.4 is 10.9 Å². The molecule has 1 saturated carbocycles. The van der Waals surface area contributed by atoms with Crippen LogP contribution in [0.5, 0.6) is 0 Å². The first kappa shape index (κ1) is 22.9. The number of ether oxygens (including phenoxy) is 1. The fraction of sp³-hybridized carbons (Fsp3) is 0.259. The van der Waals surface area contributed by atoms with E-state index in [9.17, 15) is 19.1 Å². The summed E-state index contributed by atoms with van der Waals surface area (Å²) in [4.78, 5) is 27.9. The van der Waals surface area contributed by atoms with E-state index in [0.29, 0.717) is 39.4 Å². The zero-order valence-electron chi connectivity index (χ0n) is 19.5. The van der Waals surface area contributed by atoms with Crippen LogP contribution in [0.2, 0.25) is 0 Å². The van der Waals surface area contributed by atoms with Crippen LogP contribution in [-0.4, -0.2) is 27.2 Å². The molecule has 0 unspecified atom stereocenters. The molecule has 8 heteroatoms. The molecule has 0 atom stereocenters. The molecule has 1 aliphatic rings. The number of carbonyl (C=O) groups excluding carboxylic acids is 1. The molecular weight excluding hydrogens is 449 g/mol. The molecule has 1 fully saturated rings. The van der Waals surface area contributed by atoms with E-state index in [1.807, 2.05) is 12.1 Å². The number of hydrogen-bond acceptors (Lipinski definition) is 5. The van der Waals surface area contributed by atoms with E-state index in [1.165, 1.54) is 4.57 Å². The summed E-state index contributed by atoms with van der Waals surface area (Å²) in [5, 5.41) is 14.0. The highest BCUT2D eigenvalue weighted by atomic mass is 19.1. The number of esters is 1. The van der Waals surface area contributed by atoms with Crippen LogP contribution in [0.1, 0.15) is 47.3 Å². The number of H-pyrrole nitrogens is 1. The number of benzene rings is 2. The van der Waals surface area contributed by atoms with Crippen LogP contribution in [0.4, 0.5) is 15.8 Å². The number of aliphatic hydroxyl groups excluding tert-OH is 1. The summed E-state index contributed by atoms with van der Waals surface area (Å²) in [7, 11) is 1.62. The number of nitrogens with one attached hydrogen (secondary N) is 2. The monoisotopic (exact) mass is 475 g/mol. The van der Waals surface area contributed by atoms with Gasteiger partial charge in [-0.2, -0.15) is 0 Å². The zero-order valence-corrected chi connectivity index (χ0v) is 19.5. The Morgan fingerprint density at radius 3 is 2.69 bits per heavy atom. The Balaban J connectivity index is 1.61. The summed E-state index contributed by atoms with van der Waals surface area (Å²) in [5.74, 6) is -0.458. The van der Waals surface area contributed by atoms with E-state index in [4.69, 9.17) is 4.74 Å². The number of hydrogen-bond donors (Lipinski definition) is 3. The average molecular weight is 476 g/mol. The second-order valence-electron chi connectivity index (χ2n) is 8.78. The Morgan fingerprint density at radius 2 is 2.00 bits per heavy atom. The molecule has 35 heavy (non-hydrogen) atoms. The van der Waals surface area contributed by atoms with Crippen molar-refractivity contribution in [2.75, 3.05) is 11.9 Å². The van der Waals surface area contributed by atoms with Crippen LogP contribution in [-0.2, 0) is 18.4 Å². The molecular formula is C27H26FN3O4. The second kappa shape index (κ2) is 9.03. The van der Waals surface area contributed by atoms with E-state index >= 15 is 0 Å². The Labute approximate surface area is 201 Å². The number of aromatic nitrogens is 2. The molecule has 2 heterocycles. The van der Waals surface area contributed by atoms with Crippen molar-refractivity contribution < 1.29 is 19.0 Å². The molecule has 0 radical (unpaired) electrons. The Bertz CT molecular complexity index is 1500. The molecule has 1 aliphatic carbocycles. The number of aromatic amines is 1. The third kappa shape index (κ3) is 4.21. The molecule has 3 N–H and O–H groups in total. The smallest absolute Gasteiger partial charge is 0.354 e. The summed E-state index contributed by atoms with van der Waals surface area (Å²) in [6.07, 6.45) is 3.85. The highest BCUT2D eigenvalue weighted by molar-refractivity contribution is 6.01. The lowest BCUT2D eigenvalue weighted by Crippen LogP contribution is -2.17. The van der Waals surface area contributed by atoms with E-state index < -0.39 is 5.97 Å². The number of aliphatic hydroxyl groups is 1. The predicted molar refractivity (Wildman–Crippen MR) is 133 cm³/mol. The largest absolute Gasteiger partial charge is 0.461 e. The summed E-state index contributed by atoms with van der Waals surface area (Å²) >= 11 is 0. The van der Waals surface area contributed by atoms with Gasteiger partial charge in [0.05, 0.1) is 18.9 Å². The molecule has 180 valence electrons. The van der Waals surface area contributed by atoms with Gasteiger partial charge in [-0.25, -0.2) is 9.18 Å². The van der Waals surface area contributed by atoms with Gasteiger partial charge in [0.2, 0.25) is 0 Å². The first-order valence-electron chi connectivity index (χ1n) is 11.6. The number of aryl methyl sites for hydroxylation is 1. The van der Waals surface area contributed by atoms with E-state index in [-0.39, 0.29) is 35.8 Å². The van der Waals surface area contributed by atoms with E-state index in [0.717, 1.165) is 18.4 Å².